The summed E-state index contributed by atoms with van der Waals surface area (Å²) in [5.41, 5.74) is 0.359. The molecule has 6 heteroatoms. The van der Waals surface area contributed by atoms with Gasteiger partial charge in [-0.1, -0.05) is 0 Å². The number of likely N-dealkylation sites (tertiary alicyclic amines) is 1. The zero-order chi connectivity index (χ0) is 13.8. The largest absolute Gasteiger partial charge is 0.469 e. The minimum absolute atomic E-state index is 0.139. The minimum atomic E-state index is -0.610. The normalized spacial score (nSPS) is 16.2. The summed E-state index contributed by atoms with van der Waals surface area (Å²) in [6, 6.07) is 2.57. The molecule has 1 aliphatic rings. The van der Waals surface area contributed by atoms with E-state index in [4.69, 9.17) is 0 Å². The van der Waals surface area contributed by atoms with Gasteiger partial charge < -0.3 is 9.64 Å². The second-order valence-electron chi connectivity index (χ2n) is 4.46. The van der Waals surface area contributed by atoms with Gasteiger partial charge in [-0.3, -0.25) is 9.59 Å². The van der Waals surface area contributed by atoms with Crippen LogP contribution < -0.4 is 0 Å². The monoisotopic (exact) mass is 266 g/mol. The molecule has 0 spiro atoms. The van der Waals surface area contributed by atoms with E-state index in [9.17, 15) is 14.0 Å². The Hall–Kier alpha value is -1.98. The Morgan fingerprint density at radius 3 is 2.58 bits per heavy atom. The Balaban J connectivity index is 1.96. The van der Waals surface area contributed by atoms with E-state index in [1.165, 1.54) is 19.4 Å². The van der Waals surface area contributed by atoms with Crippen LogP contribution in [0.5, 0.6) is 0 Å². The molecule has 0 bridgehead atoms. The van der Waals surface area contributed by atoms with Gasteiger partial charge in [-0.15, -0.1) is 0 Å². The van der Waals surface area contributed by atoms with Crippen LogP contribution in [0, 0.1) is 11.9 Å². The number of nitrogens with zero attached hydrogens (tertiary/aromatic N) is 2. The van der Waals surface area contributed by atoms with Crippen molar-refractivity contribution in [3.05, 3.63) is 29.8 Å². The van der Waals surface area contributed by atoms with E-state index in [0.717, 1.165) is 6.07 Å². The standard InChI is InChI=1S/C13H15FN2O3/c1-19-13(18)9-4-6-16(7-5-9)12(17)10-2-3-11(14)15-8-10/h2-3,8-9H,4-7H2,1H3. The first-order chi connectivity index (χ1) is 9.11. The van der Waals surface area contributed by atoms with Crippen molar-refractivity contribution in [2.75, 3.05) is 20.2 Å². The molecule has 2 rings (SSSR count). The average molecular weight is 266 g/mol. The minimum Gasteiger partial charge on any atom is -0.469 e. The molecule has 1 fully saturated rings. The van der Waals surface area contributed by atoms with Gasteiger partial charge in [-0.25, -0.2) is 4.98 Å². The summed E-state index contributed by atoms with van der Waals surface area (Å²) in [5, 5.41) is 0. The molecule has 1 saturated heterocycles. The zero-order valence-corrected chi connectivity index (χ0v) is 10.6. The van der Waals surface area contributed by atoms with Crippen LogP contribution in [0.2, 0.25) is 0 Å². The summed E-state index contributed by atoms with van der Waals surface area (Å²) in [4.78, 5) is 28.6. The highest BCUT2D eigenvalue weighted by atomic mass is 19.1. The number of methoxy groups -OCH3 is 1. The van der Waals surface area contributed by atoms with Gasteiger partial charge in [0.2, 0.25) is 5.95 Å². The molecule has 1 amide bonds. The molecule has 0 N–H and O–H groups in total. The third-order valence-electron chi connectivity index (χ3n) is 3.29. The fourth-order valence-corrected chi connectivity index (χ4v) is 2.17. The van der Waals surface area contributed by atoms with Gasteiger partial charge in [0.05, 0.1) is 18.6 Å². The number of pyridine rings is 1. The first-order valence-electron chi connectivity index (χ1n) is 6.10. The zero-order valence-electron chi connectivity index (χ0n) is 10.6. The number of carbonyl (C=O) groups excluding carboxylic acids is 2. The maximum atomic E-state index is 12.7. The highest BCUT2D eigenvalue weighted by Crippen LogP contribution is 2.20. The lowest BCUT2D eigenvalue weighted by atomic mass is 9.96. The summed E-state index contributed by atoms with van der Waals surface area (Å²) >= 11 is 0. The molecule has 19 heavy (non-hydrogen) atoms. The highest BCUT2D eigenvalue weighted by Gasteiger charge is 2.28. The highest BCUT2D eigenvalue weighted by molar-refractivity contribution is 5.94. The Bertz CT molecular complexity index is 467. The van der Waals surface area contributed by atoms with Gasteiger partial charge in [0.15, 0.2) is 0 Å². The molecule has 1 aromatic rings. The van der Waals surface area contributed by atoms with Gasteiger partial charge in [-0.2, -0.15) is 4.39 Å². The smallest absolute Gasteiger partial charge is 0.308 e. The van der Waals surface area contributed by atoms with E-state index in [0.29, 0.717) is 31.5 Å². The van der Waals surface area contributed by atoms with Gasteiger partial charge in [0, 0.05) is 19.3 Å². The maximum absolute atomic E-state index is 12.7. The van der Waals surface area contributed by atoms with E-state index in [1.54, 1.807) is 4.90 Å². The number of halogens is 1. The molecular formula is C13H15FN2O3. The van der Waals surface area contributed by atoms with Gasteiger partial charge >= 0.3 is 5.97 Å². The van der Waals surface area contributed by atoms with Crippen molar-refractivity contribution in [2.45, 2.75) is 12.8 Å². The van der Waals surface area contributed by atoms with Crippen molar-refractivity contribution in [1.82, 2.24) is 9.88 Å². The van der Waals surface area contributed by atoms with Crippen LogP contribution >= 0.6 is 0 Å². The third kappa shape index (κ3) is 3.07. The second-order valence-corrected chi connectivity index (χ2v) is 4.46. The van der Waals surface area contributed by atoms with Crippen molar-refractivity contribution in [3.63, 3.8) is 0 Å². The average Bonchev–Trinajstić information content (AvgIpc) is 2.46. The Morgan fingerprint density at radius 2 is 2.05 bits per heavy atom. The summed E-state index contributed by atoms with van der Waals surface area (Å²) in [6.07, 6.45) is 2.41. The van der Waals surface area contributed by atoms with E-state index in [-0.39, 0.29) is 17.8 Å². The molecule has 0 saturated carbocycles. The predicted molar refractivity (Wildman–Crippen MR) is 64.8 cm³/mol. The van der Waals surface area contributed by atoms with Crippen LogP contribution in [0.15, 0.2) is 18.3 Å². The van der Waals surface area contributed by atoms with Crippen molar-refractivity contribution in [2.24, 2.45) is 5.92 Å². The van der Waals surface area contributed by atoms with Gasteiger partial charge in [-0.05, 0) is 25.0 Å². The van der Waals surface area contributed by atoms with Crippen molar-refractivity contribution in [1.29, 1.82) is 0 Å². The van der Waals surface area contributed by atoms with Crippen LogP contribution in [-0.4, -0.2) is 42.0 Å². The van der Waals surface area contributed by atoms with Gasteiger partial charge in [0.25, 0.3) is 5.91 Å². The molecule has 0 radical (unpaired) electrons. The van der Waals surface area contributed by atoms with Crippen molar-refractivity contribution < 1.29 is 18.7 Å². The fraction of sp³-hybridized carbons (Fsp3) is 0.462. The van der Waals surface area contributed by atoms with Crippen LogP contribution in [0.1, 0.15) is 23.2 Å². The molecule has 0 aliphatic carbocycles. The van der Waals surface area contributed by atoms with Crippen molar-refractivity contribution in [3.8, 4) is 0 Å². The number of aromatic nitrogens is 1. The summed E-state index contributed by atoms with van der Waals surface area (Å²) in [5.74, 6) is -1.16. The third-order valence-corrected chi connectivity index (χ3v) is 3.29. The Kier molecular flexibility index (Phi) is 4.09. The molecule has 102 valence electrons. The lowest BCUT2D eigenvalue weighted by Gasteiger charge is -2.30. The van der Waals surface area contributed by atoms with Crippen LogP contribution in [0.4, 0.5) is 4.39 Å². The molecule has 5 nitrogen and oxygen atoms in total. The second kappa shape index (κ2) is 5.77. The topological polar surface area (TPSA) is 59.5 Å². The van der Waals surface area contributed by atoms with E-state index >= 15 is 0 Å². The SMILES string of the molecule is COC(=O)C1CCN(C(=O)c2ccc(F)nc2)CC1. The molecular weight excluding hydrogens is 251 g/mol. The molecule has 0 aromatic carbocycles. The maximum Gasteiger partial charge on any atom is 0.308 e. The van der Waals surface area contributed by atoms with E-state index < -0.39 is 5.95 Å². The van der Waals surface area contributed by atoms with Crippen LogP contribution in [0.25, 0.3) is 0 Å². The lowest BCUT2D eigenvalue weighted by Crippen LogP contribution is -2.40. The van der Waals surface area contributed by atoms with Crippen molar-refractivity contribution >= 4 is 11.9 Å². The summed E-state index contributed by atoms with van der Waals surface area (Å²) < 4.78 is 17.4. The number of piperidine rings is 1. The Morgan fingerprint density at radius 1 is 1.37 bits per heavy atom. The lowest BCUT2D eigenvalue weighted by molar-refractivity contribution is -0.146. The summed E-state index contributed by atoms with van der Waals surface area (Å²) in [7, 11) is 1.37. The number of hydrogen-bond donors (Lipinski definition) is 0. The van der Waals surface area contributed by atoms with Crippen LogP contribution in [-0.2, 0) is 9.53 Å². The quantitative estimate of drug-likeness (QED) is 0.597. The summed E-state index contributed by atoms with van der Waals surface area (Å²) in [6.45, 7) is 0.992. The number of carbonyl (C=O) groups is 2. The van der Waals surface area contributed by atoms with Gasteiger partial charge in [0.1, 0.15) is 0 Å². The molecule has 0 atom stereocenters. The molecule has 2 heterocycles. The van der Waals surface area contributed by atoms with E-state index in [2.05, 4.69) is 9.72 Å². The Labute approximate surface area is 110 Å². The number of esters is 1. The van der Waals surface area contributed by atoms with E-state index in [1.807, 2.05) is 0 Å². The molecule has 1 aliphatic heterocycles. The molecule has 0 unspecified atom stereocenters. The number of amides is 1. The predicted octanol–water partition coefficient (Wildman–Crippen LogP) is 1.25. The number of ether oxygens (including phenoxy) is 1. The first-order valence-corrected chi connectivity index (χ1v) is 6.10. The number of hydrogen-bond acceptors (Lipinski definition) is 4. The fourth-order valence-electron chi connectivity index (χ4n) is 2.17. The number of rotatable bonds is 2. The first kappa shape index (κ1) is 13.5. The van der Waals surface area contributed by atoms with Crippen LogP contribution in [0.3, 0.4) is 0 Å². The molecule has 1 aromatic heterocycles.